The van der Waals surface area contributed by atoms with E-state index in [-0.39, 0.29) is 11.9 Å². The van der Waals surface area contributed by atoms with Crippen molar-refractivity contribution in [2.24, 2.45) is 0 Å². The topological polar surface area (TPSA) is 50.8 Å². The van der Waals surface area contributed by atoms with E-state index >= 15 is 0 Å². The van der Waals surface area contributed by atoms with Crippen molar-refractivity contribution in [3.8, 4) is 11.5 Å². The van der Waals surface area contributed by atoms with Crippen LogP contribution in [0, 0.1) is 0 Å². The zero-order valence-corrected chi connectivity index (χ0v) is 16.7. The normalized spacial score (nSPS) is 12.0. The number of carbonyl (C=O) groups excluding carboxylic acids is 1. The van der Waals surface area contributed by atoms with Crippen molar-refractivity contribution in [3.05, 3.63) is 52.0 Å². The van der Waals surface area contributed by atoms with Crippen LogP contribution in [0.15, 0.2) is 36.4 Å². The van der Waals surface area contributed by atoms with E-state index in [4.69, 9.17) is 32.7 Å². The average Bonchev–Trinajstić information content (AvgIpc) is 2.63. The fourth-order valence-electron chi connectivity index (χ4n) is 2.43. The van der Waals surface area contributed by atoms with Crippen LogP contribution in [-0.4, -0.2) is 38.1 Å². The van der Waals surface area contributed by atoms with E-state index in [9.17, 15) is 4.79 Å². The number of methoxy groups -OCH3 is 2. The summed E-state index contributed by atoms with van der Waals surface area (Å²) >= 11 is 12.1. The van der Waals surface area contributed by atoms with Gasteiger partial charge < -0.3 is 14.8 Å². The molecule has 1 unspecified atom stereocenters. The van der Waals surface area contributed by atoms with Crippen molar-refractivity contribution in [1.29, 1.82) is 0 Å². The van der Waals surface area contributed by atoms with Gasteiger partial charge in [-0.25, -0.2) is 0 Å². The molecule has 2 rings (SSSR count). The SMILES string of the molecule is COc1ccc(CN(C)C(C)C(=O)Nc2cc(Cl)ccc2Cl)cc1OC. The van der Waals surface area contributed by atoms with Gasteiger partial charge in [-0.15, -0.1) is 0 Å². The Morgan fingerprint density at radius 1 is 1.12 bits per heavy atom. The van der Waals surface area contributed by atoms with Gasteiger partial charge in [-0.1, -0.05) is 29.3 Å². The van der Waals surface area contributed by atoms with E-state index in [1.54, 1.807) is 32.4 Å². The summed E-state index contributed by atoms with van der Waals surface area (Å²) in [6, 6.07) is 10.3. The number of anilines is 1. The lowest BCUT2D eigenvalue weighted by Crippen LogP contribution is -2.39. The van der Waals surface area contributed by atoms with Crippen LogP contribution < -0.4 is 14.8 Å². The number of nitrogens with one attached hydrogen (secondary N) is 1. The van der Waals surface area contributed by atoms with E-state index in [1.165, 1.54) is 0 Å². The molecule has 0 aliphatic heterocycles. The molecule has 0 saturated carbocycles. The number of hydrogen-bond donors (Lipinski definition) is 1. The van der Waals surface area contributed by atoms with Crippen LogP contribution in [0.2, 0.25) is 10.0 Å². The second kappa shape index (κ2) is 9.12. The summed E-state index contributed by atoms with van der Waals surface area (Å²) in [7, 11) is 5.06. The highest BCUT2D eigenvalue weighted by Crippen LogP contribution is 2.28. The minimum atomic E-state index is -0.377. The van der Waals surface area contributed by atoms with Crippen molar-refractivity contribution >= 4 is 34.8 Å². The molecule has 2 aromatic rings. The highest BCUT2D eigenvalue weighted by atomic mass is 35.5. The van der Waals surface area contributed by atoms with Crippen molar-refractivity contribution < 1.29 is 14.3 Å². The standard InChI is InChI=1S/C19H22Cl2N2O3/c1-12(19(24)22-16-10-14(20)6-7-15(16)21)23(2)11-13-5-8-17(25-3)18(9-13)26-4/h5-10,12H,11H2,1-4H3,(H,22,24). The second-order valence-electron chi connectivity index (χ2n) is 5.89. The third-order valence-corrected chi connectivity index (χ3v) is 4.67. The Balaban J connectivity index is 2.05. The fourth-order valence-corrected chi connectivity index (χ4v) is 2.77. The van der Waals surface area contributed by atoms with E-state index in [2.05, 4.69) is 5.32 Å². The van der Waals surface area contributed by atoms with Gasteiger partial charge in [0.1, 0.15) is 0 Å². The van der Waals surface area contributed by atoms with Crippen molar-refractivity contribution in [1.82, 2.24) is 4.90 Å². The van der Waals surface area contributed by atoms with Crippen LogP contribution in [-0.2, 0) is 11.3 Å². The maximum absolute atomic E-state index is 12.5. The van der Waals surface area contributed by atoms with Crippen LogP contribution in [0.5, 0.6) is 11.5 Å². The molecular weight excluding hydrogens is 375 g/mol. The number of hydrogen-bond acceptors (Lipinski definition) is 4. The fraction of sp³-hybridized carbons (Fsp3) is 0.316. The van der Waals surface area contributed by atoms with Gasteiger partial charge in [-0.2, -0.15) is 0 Å². The first-order valence-corrected chi connectivity index (χ1v) is 8.78. The van der Waals surface area contributed by atoms with Crippen LogP contribution in [0.1, 0.15) is 12.5 Å². The molecule has 1 N–H and O–H groups in total. The predicted octanol–water partition coefficient (Wildman–Crippen LogP) is 4.47. The minimum absolute atomic E-state index is 0.169. The number of nitrogens with zero attached hydrogens (tertiary/aromatic N) is 1. The van der Waals surface area contributed by atoms with Gasteiger partial charge in [0.2, 0.25) is 5.91 Å². The molecule has 26 heavy (non-hydrogen) atoms. The first-order valence-electron chi connectivity index (χ1n) is 8.02. The monoisotopic (exact) mass is 396 g/mol. The molecule has 0 aliphatic rings. The molecule has 0 fully saturated rings. The molecule has 2 aromatic carbocycles. The van der Waals surface area contributed by atoms with Gasteiger partial charge >= 0.3 is 0 Å². The van der Waals surface area contributed by atoms with Gasteiger partial charge in [0.05, 0.1) is 31.0 Å². The molecule has 1 amide bonds. The Hall–Kier alpha value is -1.95. The minimum Gasteiger partial charge on any atom is -0.493 e. The molecule has 140 valence electrons. The molecule has 0 aromatic heterocycles. The molecular formula is C19H22Cl2N2O3. The Morgan fingerprint density at radius 3 is 2.46 bits per heavy atom. The van der Waals surface area contributed by atoms with Gasteiger partial charge in [-0.3, -0.25) is 9.69 Å². The van der Waals surface area contributed by atoms with E-state index in [0.717, 1.165) is 5.56 Å². The second-order valence-corrected chi connectivity index (χ2v) is 6.74. The van der Waals surface area contributed by atoms with Crippen LogP contribution in [0.4, 0.5) is 5.69 Å². The van der Waals surface area contributed by atoms with Gasteiger partial charge in [0.15, 0.2) is 11.5 Å². The molecule has 0 spiro atoms. The Labute approximate surface area is 163 Å². The Morgan fingerprint density at radius 2 is 1.81 bits per heavy atom. The number of likely N-dealkylation sites (N-methyl/N-ethyl adjacent to an activating group) is 1. The van der Waals surface area contributed by atoms with Gasteiger partial charge in [0.25, 0.3) is 0 Å². The van der Waals surface area contributed by atoms with Gasteiger partial charge in [0, 0.05) is 11.6 Å². The van der Waals surface area contributed by atoms with E-state index < -0.39 is 0 Å². The van der Waals surface area contributed by atoms with Gasteiger partial charge in [-0.05, 0) is 49.9 Å². The summed E-state index contributed by atoms with van der Waals surface area (Å²) in [4.78, 5) is 14.5. The lowest BCUT2D eigenvalue weighted by atomic mass is 10.1. The summed E-state index contributed by atoms with van der Waals surface area (Å²) in [5.41, 5.74) is 1.50. The molecule has 7 heteroatoms. The third kappa shape index (κ3) is 5.04. The summed E-state index contributed by atoms with van der Waals surface area (Å²) < 4.78 is 10.6. The average molecular weight is 397 g/mol. The predicted molar refractivity (Wildman–Crippen MR) is 106 cm³/mol. The first kappa shape index (κ1) is 20.4. The number of amides is 1. The summed E-state index contributed by atoms with van der Waals surface area (Å²) in [5, 5.41) is 3.77. The maximum atomic E-state index is 12.5. The highest BCUT2D eigenvalue weighted by Gasteiger charge is 2.20. The lowest BCUT2D eigenvalue weighted by Gasteiger charge is -2.24. The van der Waals surface area contributed by atoms with Crippen LogP contribution in [0.3, 0.4) is 0 Å². The van der Waals surface area contributed by atoms with E-state index in [0.29, 0.717) is 33.8 Å². The molecule has 0 saturated heterocycles. The molecule has 1 atom stereocenters. The zero-order chi connectivity index (χ0) is 19.3. The number of ether oxygens (including phenoxy) is 2. The number of rotatable bonds is 7. The third-order valence-electron chi connectivity index (χ3n) is 4.11. The van der Waals surface area contributed by atoms with E-state index in [1.807, 2.05) is 37.1 Å². The Bertz CT molecular complexity index is 783. The largest absolute Gasteiger partial charge is 0.493 e. The number of benzene rings is 2. The Kier molecular flexibility index (Phi) is 7.14. The van der Waals surface area contributed by atoms with Crippen molar-refractivity contribution in [2.75, 3.05) is 26.6 Å². The van der Waals surface area contributed by atoms with Crippen molar-refractivity contribution in [3.63, 3.8) is 0 Å². The quantitative estimate of drug-likeness (QED) is 0.749. The highest BCUT2D eigenvalue weighted by molar-refractivity contribution is 6.35. The lowest BCUT2D eigenvalue weighted by molar-refractivity contribution is -0.120. The summed E-state index contributed by atoms with van der Waals surface area (Å²) in [5.74, 6) is 1.15. The van der Waals surface area contributed by atoms with Crippen molar-refractivity contribution in [2.45, 2.75) is 19.5 Å². The van der Waals surface area contributed by atoms with Crippen LogP contribution in [0.25, 0.3) is 0 Å². The van der Waals surface area contributed by atoms with Crippen LogP contribution >= 0.6 is 23.2 Å². The first-order chi connectivity index (χ1) is 12.3. The summed E-state index contributed by atoms with van der Waals surface area (Å²) in [6.07, 6.45) is 0. The molecule has 0 bridgehead atoms. The smallest absolute Gasteiger partial charge is 0.241 e. The number of carbonyl (C=O) groups is 1. The molecule has 5 nitrogen and oxygen atoms in total. The number of halogens is 2. The molecule has 0 radical (unpaired) electrons. The molecule has 0 heterocycles. The molecule has 0 aliphatic carbocycles. The zero-order valence-electron chi connectivity index (χ0n) is 15.2. The summed E-state index contributed by atoms with van der Waals surface area (Å²) in [6.45, 7) is 2.40. The maximum Gasteiger partial charge on any atom is 0.241 e.